The first-order valence-corrected chi connectivity index (χ1v) is 8.63. The molecule has 1 aliphatic heterocycles. The highest BCUT2D eigenvalue weighted by Gasteiger charge is 2.16. The van der Waals surface area contributed by atoms with Gasteiger partial charge in [0.05, 0.1) is 11.8 Å². The van der Waals surface area contributed by atoms with Crippen LogP contribution in [-0.2, 0) is 4.74 Å². The lowest BCUT2D eigenvalue weighted by molar-refractivity contribution is 0.112. The van der Waals surface area contributed by atoms with Gasteiger partial charge in [0, 0.05) is 35.3 Å². The molecular weight excluding hydrogens is 314 g/mol. The van der Waals surface area contributed by atoms with E-state index in [1.165, 1.54) is 0 Å². The Morgan fingerprint density at radius 3 is 2.84 bits per heavy atom. The summed E-state index contributed by atoms with van der Waals surface area (Å²) < 4.78 is 5.53. The van der Waals surface area contributed by atoms with E-state index in [0.717, 1.165) is 47.3 Å². The maximum Gasteiger partial charge on any atom is 0.319 e. The van der Waals surface area contributed by atoms with Crippen molar-refractivity contribution in [2.45, 2.75) is 18.9 Å². The molecule has 1 aromatic heterocycles. The number of hydrogen-bond acceptors (Lipinski definition) is 2. The minimum absolute atomic E-state index is 0.134. The second-order valence-electron chi connectivity index (χ2n) is 6.29. The van der Waals surface area contributed by atoms with Gasteiger partial charge in [0.15, 0.2) is 0 Å². The monoisotopic (exact) mass is 335 g/mol. The fourth-order valence-electron chi connectivity index (χ4n) is 3.22. The second-order valence-corrected chi connectivity index (χ2v) is 6.29. The molecule has 4 rings (SSSR count). The number of para-hydroxylation sites is 2. The normalized spacial score (nSPS) is 16.9. The molecule has 0 spiro atoms. The average molecular weight is 335 g/mol. The molecular formula is C20H21N3O2. The van der Waals surface area contributed by atoms with Gasteiger partial charge in [0.1, 0.15) is 0 Å². The molecule has 1 unspecified atom stereocenters. The number of rotatable bonds is 4. The van der Waals surface area contributed by atoms with Crippen LogP contribution in [-0.4, -0.2) is 30.3 Å². The number of H-pyrrole nitrogens is 1. The van der Waals surface area contributed by atoms with Gasteiger partial charge in [-0.1, -0.05) is 36.4 Å². The number of aromatic nitrogens is 1. The van der Waals surface area contributed by atoms with E-state index in [0.29, 0.717) is 6.54 Å². The number of ether oxygens (including phenoxy) is 1. The Kier molecular flexibility index (Phi) is 4.39. The number of carbonyl (C=O) groups excluding carboxylic acids is 1. The van der Waals surface area contributed by atoms with Crippen LogP contribution in [0.4, 0.5) is 10.5 Å². The summed E-state index contributed by atoms with van der Waals surface area (Å²) in [5.41, 5.74) is 3.80. The van der Waals surface area contributed by atoms with Gasteiger partial charge in [-0.3, -0.25) is 0 Å². The van der Waals surface area contributed by atoms with Crippen molar-refractivity contribution >= 4 is 22.6 Å². The Labute approximate surface area is 146 Å². The van der Waals surface area contributed by atoms with Crippen LogP contribution in [0.1, 0.15) is 12.8 Å². The van der Waals surface area contributed by atoms with E-state index in [4.69, 9.17) is 4.74 Å². The van der Waals surface area contributed by atoms with Gasteiger partial charge in [-0.25, -0.2) is 4.79 Å². The zero-order chi connectivity index (χ0) is 17.1. The number of urea groups is 1. The molecule has 128 valence electrons. The lowest BCUT2D eigenvalue weighted by Crippen LogP contribution is -2.35. The van der Waals surface area contributed by atoms with Crippen molar-refractivity contribution in [2.24, 2.45) is 0 Å². The van der Waals surface area contributed by atoms with Gasteiger partial charge in [0.25, 0.3) is 0 Å². The molecule has 25 heavy (non-hydrogen) atoms. The summed E-state index contributed by atoms with van der Waals surface area (Å²) in [6.45, 7) is 1.33. The largest absolute Gasteiger partial charge is 0.376 e. The summed E-state index contributed by atoms with van der Waals surface area (Å²) in [5.74, 6) is 0. The summed E-state index contributed by atoms with van der Waals surface area (Å²) in [6.07, 6.45) is 2.21. The predicted octanol–water partition coefficient (Wildman–Crippen LogP) is 4.14. The minimum Gasteiger partial charge on any atom is -0.376 e. The molecule has 0 radical (unpaired) electrons. The lowest BCUT2D eigenvalue weighted by atomic mass is 10.1. The van der Waals surface area contributed by atoms with E-state index >= 15 is 0 Å². The molecule has 0 aliphatic carbocycles. The predicted molar refractivity (Wildman–Crippen MR) is 99.7 cm³/mol. The van der Waals surface area contributed by atoms with E-state index in [2.05, 4.69) is 27.8 Å². The molecule has 1 aliphatic rings. The van der Waals surface area contributed by atoms with Gasteiger partial charge >= 0.3 is 6.03 Å². The maximum atomic E-state index is 12.2. The molecule has 2 amide bonds. The molecule has 3 N–H and O–H groups in total. The highest BCUT2D eigenvalue weighted by molar-refractivity contribution is 5.96. The van der Waals surface area contributed by atoms with Gasteiger partial charge in [-0.2, -0.15) is 0 Å². The Bertz CT molecular complexity index is 848. The number of nitrogens with one attached hydrogen (secondary N) is 3. The zero-order valence-corrected chi connectivity index (χ0v) is 13.9. The van der Waals surface area contributed by atoms with Crippen LogP contribution < -0.4 is 10.6 Å². The summed E-state index contributed by atoms with van der Waals surface area (Å²) in [5, 5.41) is 6.99. The number of fused-ring (bicyclic) bond motifs is 1. The first kappa shape index (κ1) is 15.7. The van der Waals surface area contributed by atoms with Crippen LogP contribution in [0, 0.1) is 0 Å². The van der Waals surface area contributed by atoms with Crippen molar-refractivity contribution in [2.75, 3.05) is 18.5 Å². The Hall–Kier alpha value is -2.79. The molecule has 0 saturated carbocycles. The summed E-state index contributed by atoms with van der Waals surface area (Å²) >= 11 is 0. The van der Waals surface area contributed by atoms with E-state index in [1.807, 2.05) is 42.5 Å². The second kappa shape index (κ2) is 6.99. The molecule has 2 aromatic carbocycles. The van der Waals surface area contributed by atoms with Crippen LogP contribution in [0.2, 0.25) is 0 Å². The summed E-state index contributed by atoms with van der Waals surface area (Å²) in [6, 6.07) is 17.8. The average Bonchev–Trinajstić information content (AvgIpc) is 3.30. The fraction of sp³-hybridized carbons (Fsp3) is 0.250. The molecule has 3 aromatic rings. The van der Waals surface area contributed by atoms with Crippen LogP contribution in [0.15, 0.2) is 54.6 Å². The molecule has 2 heterocycles. The molecule has 1 atom stereocenters. The SMILES string of the molecule is O=C(NCC1CCCO1)Nc1ccccc1-c1cc2ccccc2[nH]1. The first-order chi connectivity index (χ1) is 12.3. The third-order valence-electron chi connectivity index (χ3n) is 4.51. The summed E-state index contributed by atoms with van der Waals surface area (Å²) in [7, 11) is 0. The number of hydrogen-bond donors (Lipinski definition) is 3. The Morgan fingerprint density at radius 1 is 1.16 bits per heavy atom. The van der Waals surface area contributed by atoms with Crippen LogP contribution in [0.5, 0.6) is 0 Å². The van der Waals surface area contributed by atoms with Crippen LogP contribution in [0.25, 0.3) is 22.2 Å². The highest BCUT2D eigenvalue weighted by atomic mass is 16.5. The van der Waals surface area contributed by atoms with Crippen LogP contribution >= 0.6 is 0 Å². The van der Waals surface area contributed by atoms with Crippen LogP contribution in [0.3, 0.4) is 0 Å². The highest BCUT2D eigenvalue weighted by Crippen LogP contribution is 2.29. The Balaban J connectivity index is 1.51. The van der Waals surface area contributed by atoms with Crippen molar-refractivity contribution in [1.29, 1.82) is 0 Å². The smallest absolute Gasteiger partial charge is 0.319 e. The topological polar surface area (TPSA) is 66.2 Å². The maximum absolute atomic E-state index is 12.2. The first-order valence-electron chi connectivity index (χ1n) is 8.63. The number of anilines is 1. The fourth-order valence-corrected chi connectivity index (χ4v) is 3.22. The van der Waals surface area contributed by atoms with Crippen molar-refractivity contribution < 1.29 is 9.53 Å². The van der Waals surface area contributed by atoms with Crippen molar-refractivity contribution in [3.05, 3.63) is 54.6 Å². The molecule has 5 nitrogen and oxygen atoms in total. The van der Waals surface area contributed by atoms with E-state index in [-0.39, 0.29) is 12.1 Å². The number of benzene rings is 2. The summed E-state index contributed by atoms with van der Waals surface area (Å²) in [4.78, 5) is 15.6. The van der Waals surface area contributed by atoms with E-state index in [9.17, 15) is 4.79 Å². The third-order valence-corrected chi connectivity index (χ3v) is 4.51. The molecule has 1 saturated heterocycles. The third kappa shape index (κ3) is 3.51. The molecule has 1 fully saturated rings. The van der Waals surface area contributed by atoms with Gasteiger partial charge in [0.2, 0.25) is 0 Å². The van der Waals surface area contributed by atoms with E-state index in [1.54, 1.807) is 0 Å². The van der Waals surface area contributed by atoms with Gasteiger partial charge in [-0.05, 0) is 31.0 Å². The number of aromatic amines is 1. The van der Waals surface area contributed by atoms with Crippen molar-refractivity contribution in [1.82, 2.24) is 10.3 Å². The zero-order valence-electron chi connectivity index (χ0n) is 13.9. The standard InChI is InChI=1S/C20H21N3O2/c24-20(21-13-15-7-5-11-25-15)23-18-10-4-2-8-16(18)19-12-14-6-1-3-9-17(14)22-19/h1-4,6,8-10,12,15,22H,5,7,11,13H2,(H2,21,23,24). The minimum atomic E-state index is -0.209. The van der Waals surface area contributed by atoms with Crippen molar-refractivity contribution in [3.63, 3.8) is 0 Å². The lowest BCUT2D eigenvalue weighted by Gasteiger charge is -2.13. The molecule has 0 bridgehead atoms. The van der Waals surface area contributed by atoms with E-state index < -0.39 is 0 Å². The molecule has 5 heteroatoms. The van der Waals surface area contributed by atoms with Gasteiger partial charge < -0.3 is 20.4 Å². The van der Waals surface area contributed by atoms with Gasteiger partial charge in [-0.15, -0.1) is 0 Å². The number of amides is 2. The number of carbonyl (C=O) groups is 1. The van der Waals surface area contributed by atoms with Crippen molar-refractivity contribution in [3.8, 4) is 11.3 Å². The quantitative estimate of drug-likeness (QED) is 0.671. The Morgan fingerprint density at radius 2 is 2.00 bits per heavy atom.